The first-order valence-corrected chi connectivity index (χ1v) is 5.41. The maximum absolute atomic E-state index is 13.1. The van der Waals surface area contributed by atoms with Crippen molar-refractivity contribution in [3.8, 4) is 11.1 Å². The van der Waals surface area contributed by atoms with Crippen molar-refractivity contribution in [3.05, 3.63) is 59.4 Å². The Hall–Kier alpha value is -2.16. The molecule has 2 aromatic rings. The lowest BCUT2D eigenvalue weighted by Crippen LogP contribution is -2.12. The zero-order chi connectivity index (χ0) is 11.8. The summed E-state index contributed by atoms with van der Waals surface area (Å²) in [4.78, 5) is 11.4. The Morgan fingerprint density at radius 3 is 2.71 bits per heavy atom. The van der Waals surface area contributed by atoms with E-state index in [-0.39, 0.29) is 11.7 Å². The number of hydrogen-bond acceptors (Lipinski definition) is 1. The van der Waals surface area contributed by atoms with Crippen LogP contribution in [0.2, 0.25) is 0 Å². The van der Waals surface area contributed by atoms with Crippen LogP contribution < -0.4 is 5.32 Å². The van der Waals surface area contributed by atoms with E-state index in [9.17, 15) is 9.18 Å². The van der Waals surface area contributed by atoms with Gasteiger partial charge in [-0.05, 0) is 41.0 Å². The van der Waals surface area contributed by atoms with Crippen LogP contribution in [-0.4, -0.2) is 5.91 Å². The second kappa shape index (κ2) is 3.70. The van der Waals surface area contributed by atoms with Gasteiger partial charge in [-0.1, -0.05) is 18.2 Å². The number of fused-ring (bicyclic) bond motifs is 1. The zero-order valence-electron chi connectivity index (χ0n) is 9.03. The van der Waals surface area contributed by atoms with Crippen molar-refractivity contribution in [2.45, 2.75) is 6.54 Å². The van der Waals surface area contributed by atoms with E-state index in [1.165, 1.54) is 12.1 Å². The smallest absolute Gasteiger partial charge is 0.251 e. The first-order valence-electron chi connectivity index (χ1n) is 5.41. The third kappa shape index (κ3) is 1.69. The molecule has 1 heterocycles. The molecular formula is C14H10FNO. The summed E-state index contributed by atoms with van der Waals surface area (Å²) in [5, 5.41) is 2.76. The Balaban J connectivity index is 2.09. The van der Waals surface area contributed by atoms with Gasteiger partial charge < -0.3 is 5.32 Å². The van der Waals surface area contributed by atoms with Crippen molar-refractivity contribution in [3.63, 3.8) is 0 Å². The minimum absolute atomic E-state index is 0.0363. The molecule has 3 heteroatoms. The van der Waals surface area contributed by atoms with Crippen LogP contribution in [-0.2, 0) is 6.54 Å². The van der Waals surface area contributed by atoms with Crippen molar-refractivity contribution < 1.29 is 9.18 Å². The molecular weight excluding hydrogens is 217 g/mol. The molecule has 2 aromatic carbocycles. The molecule has 1 amide bonds. The van der Waals surface area contributed by atoms with Gasteiger partial charge in [0.05, 0.1) is 0 Å². The molecule has 84 valence electrons. The summed E-state index contributed by atoms with van der Waals surface area (Å²) in [7, 11) is 0. The van der Waals surface area contributed by atoms with Crippen LogP contribution in [0.15, 0.2) is 42.5 Å². The van der Waals surface area contributed by atoms with Crippen LogP contribution >= 0.6 is 0 Å². The van der Waals surface area contributed by atoms with E-state index in [0.29, 0.717) is 12.1 Å². The standard InChI is InChI=1S/C14H10FNO/c15-12-3-1-2-9(7-12)10-4-5-13-11(6-10)8-16-14(13)17/h1-7H,8H2,(H,16,17). The highest BCUT2D eigenvalue weighted by Crippen LogP contribution is 2.25. The fourth-order valence-corrected chi connectivity index (χ4v) is 2.08. The van der Waals surface area contributed by atoms with Crippen LogP contribution in [0.4, 0.5) is 4.39 Å². The maximum Gasteiger partial charge on any atom is 0.251 e. The third-order valence-electron chi connectivity index (χ3n) is 2.95. The van der Waals surface area contributed by atoms with Gasteiger partial charge in [0.1, 0.15) is 5.82 Å². The molecule has 2 nitrogen and oxygen atoms in total. The Morgan fingerprint density at radius 2 is 1.88 bits per heavy atom. The number of benzene rings is 2. The first-order chi connectivity index (χ1) is 8.24. The number of carbonyl (C=O) groups excluding carboxylic acids is 1. The van der Waals surface area contributed by atoms with E-state index in [1.807, 2.05) is 18.2 Å². The van der Waals surface area contributed by atoms with Crippen LogP contribution in [0, 0.1) is 5.82 Å². The van der Waals surface area contributed by atoms with Gasteiger partial charge >= 0.3 is 0 Å². The zero-order valence-corrected chi connectivity index (χ0v) is 9.03. The monoisotopic (exact) mass is 227 g/mol. The van der Waals surface area contributed by atoms with Gasteiger partial charge in [-0.15, -0.1) is 0 Å². The van der Waals surface area contributed by atoms with Crippen molar-refractivity contribution in [2.24, 2.45) is 0 Å². The lowest BCUT2D eigenvalue weighted by molar-refractivity contribution is 0.0966. The van der Waals surface area contributed by atoms with Crippen LogP contribution in [0.5, 0.6) is 0 Å². The fraction of sp³-hybridized carbons (Fsp3) is 0.0714. The summed E-state index contributed by atoms with van der Waals surface area (Å²) < 4.78 is 13.1. The molecule has 17 heavy (non-hydrogen) atoms. The fourth-order valence-electron chi connectivity index (χ4n) is 2.08. The average Bonchev–Trinajstić information content (AvgIpc) is 2.71. The van der Waals surface area contributed by atoms with Crippen molar-refractivity contribution >= 4 is 5.91 Å². The largest absolute Gasteiger partial charge is 0.348 e. The Morgan fingerprint density at radius 1 is 1.06 bits per heavy atom. The van der Waals surface area contributed by atoms with E-state index in [0.717, 1.165) is 16.7 Å². The molecule has 0 aliphatic carbocycles. The number of nitrogens with one attached hydrogen (secondary N) is 1. The first kappa shape index (κ1) is 10.0. The van der Waals surface area contributed by atoms with E-state index >= 15 is 0 Å². The van der Waals surface area contributed by atoms with Crippen LogP contribution in [0.25, 0.3) is 11.1 Å². The van der Waals surface area contributed by atoms with Gasteiger partial charge in [-0.2, -0.15) is 0 Å². The van der Waals surface area contributed by atoms with E-state index in [4.69, 9.17) is 0 Å². The second-order valence-corrected chi connectivity index (χ2v) is 4.06. The quantitative estimate of drug-likeness (QED) is 0.797. The molecule has 0 atom stereocenters. The van der Waals surface area contributed by atoms with Gasteiger partial charge in [-0.25, -0.2) is 4.39 Å². The molecule has 0 aromatic heterocycles. The molecule has 0 bridgehead atoms. The topological polar surface area (TPSA) is 29.1 Å². The minimum Gasteiger partial charge on any atom is -0.348 e. The Bertz CT molecular complexity index is 607. The molecule has 0 fully saturated rings. The van der Waals surface area contributed by atoms with Crippen molar-refractivity contribution in [1.29, 1.82) is 0 Å². The predicted molar refractivity (Wildman–Crippen MR) is 63.0 cm³/mol. The molecule has 0 radical (unpaired) electrons. The number of amides is 1. The Labute approximate surface area is 98.1 Å². The molecule has 0 saturated carbocycles. The highest BCUT2D eigenvalue weighted by Gasteiger charge is 2.18. The number of carbonyl (C=O) groups is 1. The normalized spacial score (nSPS) is 13.4. The molecule has 3 rings (SSSR count). The van der Waals surface area contributed by atoms with Gasteiger partial charge in [0.25, 0.3) is 5.91 Å². The van der Waals surface area contributed by atoms with Crippen LogP contribution in [0.3, 0.4) is 0 Å². The summed E-state index contributed by atoms with van der Waals surface area (Å²) in [6.45, 7) is 0.553. The lowest BCUT2D eigenvalue weighted by atomic mass is 10.0. The summed E-state index contributed by atoms with van der Waals surface area (Å²) in [6.07, 6.45) is 0. The number of halogens is 1. The van der Waals surface area contributed by atoms with Crippen molar-refractivity contribution in [1.82, 2.24) is 5.32 Å². The van der Waals surface area contributed by atoms with Gasteiger partial charge in [0, 0.05) is 12.1 Å². The highest BCUT2D eigenvalue weighted by molar-refractivity contribution is 5.98. The highest BCUT2D eigenvalue weighted by atomic mass is 19.1. The summed E-state index contributed by atoms with van der Waals surface area (Å²) in [6, 6.07) is 12.0. The Kier molecular flexibility index (Phi) is 2.18. The maximum atomic E-state index is 13.1. The second-order valence-electron chi connectivity index (χ2n) is 4.06. The lowest BCUT2D eigenvalue weighted by Gasteiger charge is -2.03. The van der Waals surface area contributed by atoms with Gasteiger partial charge in [0.15, 0.2) is 0 Å². The molecule has 1 aliphatic rings. The van der Waals surface area contributed by atoms with Crippen molar-refractivity contribution in [2.75, 3.05) is 0 Å². The SMILES string of the molecule is O=C1NCc2cc(-c3cccc(F)c3)ccc21. The number of hydrogen-bond donors (Lipinski definition) is 1. The molecule has 1 aliphatic heterocycles. The summed E-state index contributed by atoms with van der Waals surface area (Å²) in [5.41, 5.74) is 3.44. The molecule has 1 N–H and O–H groups in total. The summed E-state index contributed by atoms with van der Waals surface area (Å²) in [5.74, 6) is -0.289. The van der Waals surface area contributed by atoms with E-state index in [1.54, 1.807) is 12.1 Å². The van der Waals surface area contributed by atoms with E-state index < -0.39 is 0 Å². The van der Waals surface area contributed by atoms with E-state index in [2.05, 4.69) is 5.32 Å². The van der Waals surface area contributed by atoms with Crippen LogP contribution in [0.1, 0.15) is 15.9 Å². The molecule has 0 saturated heterocycles. The summed E-state index contributed by atoms with van der Waals surface area (Å²) >= 11 is 0. The molecule has 0 unspecified atom stereocenters. The number of rotatable bonds is 1. The third-order valence-corrected chi connectivity index (χ3v) is 2.95. The average molecular weight is 227 g/mol. The van der Waals surface area contributed by atoms with Gasteiger partial charge in [-0.3, -0.25) is 4.79 Å². The van der Waals surface area contributed by atoms with Gasteiger partial charge in [0.2, 0.25) is 0 Å². The molecule has 0 spiro atoms. The minimum atomic E-state index is -0.253. The predicted octanol–water partition coefficient (Wildman–Crippen LogP) is 2.74.